The second kappa shape index (κ2) is 10.7. The van der Waals surface area contributed by atoms with Gasteiger partial charge in [0.15, 0.2) is 17.6 Å². The van der Waals surface area contributed by atoms with Gasteiger partial charge in [-0.2, -0.15) is 4.98 Å². The van der Waals surface area contributed by atoms with Crippen LogP contribution in [0.1, 0.15) is 37.6 Å². The number of carbonyl (C=O) groups is 1. The molecule has 0 spiro atoms. The first-order chi connectivity index (χ1) is 15.3. The molecule has 1 saturated heterocycles. The lowest BCUT2D eigenvalue weighted by Gasteiger charge is -2.32. The molecule has 2 heterocycles. The second-order valence-corrected chi connectivity index (χ2v) is 7.81. The van der Waals surface area contributed by atoms with Crippen LogP contribution in [0.25, 0.3) is 0 Å². The van der Waals surface area contributed by atoms with Gasteiger partial charge in [-0.15, -0.1) is 0 Å². The van der Waals surface area contributed by atoms with E-state index in [0.29, 0.717) is 42.1 Å². The zero-order valence-corrected chi connectivity index (χ0v) is 19.5. The van der Waals surface area contributed by atoms with E-state index in [4.69, 9.17) is 36.3 Å². The number of halogens is 1. The van der Waals surface area contributed by atoms with Crippen molar-refractivity contribution < 1.29 is 23.7 Å². The lowest BCUT2D eigenvalue weighted by Crippen LogP contribution is -2.32. The number of rotatable bonds is 7. The minimum atomic E-state index is -0.810. The molecule has 1 aromatic carbocycles. The summed E-state index contributed by atoms with van der Waals surface area (Å²) in [5.41, 5.74) is 7.46. The van der Waals surface area contributed by atoms with Crippen LogP contribution in [0, 0.1) is 6.92 Å². The van der Waals surface area contributed by atoms with E-state index in [1.165, 1.54) is 7.11 Å². The third-order valence-electron chi connectivity index (χ3n) is 5.06. The molecule has 9 nitrogen and oxygen atoms in total. The molecule has 0 bridgehead atoms. The summed E-state index contributed by atoms with van der Waals surface area (Å²) in [7, 11) is 1.53. The quantitative estimate of drug-likeness (QED) is 0.617. The molecule has 1 aliphatic heterocycles. The van der Waals surface area contributed by atoms with Gasteiger partial charge < -0.3 is 29.6 Å². The molecular weight excluding hydrogens is 436 g/mol. The van der Waals surface area contributed by atoms with Gasteiger partial charge in [0.05, 0.1) is 26.4 Å². The van der Waals surface area contributed by atoms with Crippen LogP contribution in [0.2, 0.25) is 5.02 Å². The SMILES string of the molecule is CCOC(=O)[C@@H](C)Oc1cc(Cl)c([C@@H]2COCCCN2c2cc(C)nc(N)n2)cc1OC. The number of aryl methyl sites for hydroxylation is 1. The number of nitrogens with zero attached hydrogens (tertiary/aromatic N) is 3. The van der Waals surface area contributed by atoms with Crippen molar-refractivity contribution in [2.75, 3.05) is 44.1 Å². The lowest BCUT2D eigenvalue weighted by molar-refractivity contribution is -0.150. The number of carbonyl (C=O) groups excluding carboxylic acids is 1. The van der Waals surface area contributed by atoms with Crippen LogP contribution in [0.15, 0.2) is 18.2 Å². The first kappa shape index (κ1) is 23.9. The van der Waals surface area contributed by atoms with E-state index >= 15 is 0 Å². The van der Waals surface area contributed by atoms with Crippen LogP contribution in [0.3, 0.4) is 0 Å². The van der Waals surface area contributed by atoms with Crippen LogP contribution >= 0.6 is 11.6 Å². The third kappa shape index (κ3) is 5.52. The molecule has 0 radical (unpaired) electrons. The number of nitrogen functional groups attached to an aromatic ring is 1. The maximum absolute atomic E-state index is 12.0. The molecular formula is C22H29ClN4O5. The number of benzene rings is 1. The molecule has 2 N–H and O–H groups in total. The summed E-state index contributed by atoms with van der Waals surface area (Å²) < 4.78 is 22.2. The van der Waals surface area contributed by atoms with Crippen molar-refractivity contribution in [1.82, 2.24) is 9.97 Å². The highest BCUT2D eigenvalue weighted by molar-refractivity contribution is 6.31. The lowest BCUT2D eigenvalue weighted by atomic mass is 10.0. The molecule has 32 heavy (non-hydrogen) atoms. The molecule has 0 unspecified atom stereocenters. The Balaban J connectivity index is 1.97. The minimum absolute atomic E-state index is 0.212. The Morgan fingerprint density at radius 1 is 1.34 bits per heavy atom. The Hall–Kier alpha value is -2.78. The average Bonchev–Trinajstić information content (AvgIpc) is 2.99. The van der Waals surface area contributed by atoms with Gasteiger partial charge in [0.25, 0.3) is 0 Å². The summed E-state index contributed by atoms with van der Waals surface area (Å²) in [6, 6.07) is 5.11. The number of ether oxygens (including phenoxy) is 4. The molecule has 2 atom stereocenters. The third-order valence-corrected chi connectivity index (χ3v) is 5.38. The van der Waals surface area contributed by atoms with Gasteiger partial charge >= 0.3 is 5.97 Å². The number of hydrogen-bond acceptors (Lipinski definition) is 9. The summed E-state index contributed by atoms with van der Waals surface area (Å²) >= 11 is 6.69. The predicted molar refractivity (Wildman–Crippen MR) is 121 cm³/mol. The first-order valence-electron chi connectivity index (χ1n) is 10.5. The van der Waals surface area contributed by atoms with Gasteiger partial charge in [0.2, 0.25) is 5.95 Å². The fourth-order valence-electron chi connectivity index (χ4n) is 3.59. The second-order valence-electron chi connectivity index (χ2n) is 7.40. The smallest absolute Gasteiger partial charge is 0.347 e. The predicted octanol–water partition coefficient (Wildman–Crippen LogP) is 3.33. The fraction of sp³-hybridized carbons (Fsp3) is 0.500. The van der Waals surface area contributed by atoms with Gasteiger partial charge in [-0.3, -0.25) is 0 Å². The topological polar surface area (TPSA) is 109 Å². The molecule has 1 aromatic heterocycles. The molecule has 174 valence electrons. The number of nitrogens with two attached hydrogens (primary N) is 1. The van der Waals surface area contributed by atoms with Crippen molar-refractivity contribution in [3.63, 3.8) is 0 Å². The fourth-order valence-corrected chi connectivity index (χ4v) is 3.87. The summed E-state index contributed by atoms with van der Waals surface area (Å²) in [6.07, 6.45) is 0.0161. The van der Waals surface area contributed by atoms with Gasteiger partial charge in [-0.05, 0) is 38.8 Å². The Labute approximate surface area is 192 Å². The average molecular weight is 465 g/mol. The zero-order chi connectivity index (χ0) is 23.3. The van der Waals surface area contributed by atoms with Gasteiger partial charge in [0, 0.05) is 36.0 Å². The van der Waals surface area contributed by atoms with E-state index in [1.54, 1.807) is 26.0 Å². The Morgan fingerprint density at radius 3 is 2.81 bits per heavy atom. The normalized spacial score (nSPS) is 17.4. The largest absolute Gasteiger partial charge is 0.493 e. The molecule has 0 saturated carbocycles. The van der Waals surface area contributed by atoms with Crippen LogP contribution in [-0.2, 0) is 14.3 Å². The summed E-state index contributed by atoms with van der Waals surface area (Å²) in [5, 5.41) is 0.455. The maximum Gasteiger partial charge on any atom is 0.347 e. The van der Waals surface area contributed by atoms with Gasteiger partial charge in [-0.1, -0.05) is 11.6 Å². The molecule has 10 heteroatoms. The number of anilines is 2. The van der Waals surface area contributed by atoms with E-state index in [-0.39, 0.29) is 18.6 Å². The van der Waals surface area contributed by atoms with Crippen LogP contribution in [0.5, 0.6) is 11.5 Å². The highest BCUT2D eigenvalue weighted by Crippen LogP contribution is 2.40. The molecule has 2 aromatic rings. The van der Waals surface area contributed by atoms with Crippen LogP contribution in [-0.4, -0.2) is 55.5 Å². The molecule has 0 amide bonds. The van der Waals surface area contributed by atoms with Crippen molar-refractivity contribution in [1.29, 1.82) is 0 Å². The maximum atomic E-state index is 12.0. The van der Waals surface area contributed by atoms with Crippen molar-refractivity contribution in [2.45, 2.75) is 39.3 Å². The molecule has 1 aliphatic rings. The Bertz CT molecular complexity index is 938. The molecule has 3 rings (SSSR count). The van der Waals surface area contributed by atoms with E-state index in [9.17, 15) is 4.79 Å². The molecule has 0 aliphatic carbocycles. The standard InChI is InChI=1S/C22H29ClN4O5/c1-5-31-21(28)14(3)32-19-11-16(23)15(10-18(19)29-4)17-12-30-8-6-7-27(17)20-9-13(2)25-22(24)26-20/h9-11,14,17H,5-8,12H2,1-4H3,(H2,24,25,26)/t14-,17+/m1/s1. The van der Waals surface area contributed by atoms with Crippen LogP contribution < -0.4 is 20.1 Å². The number of hydrogen-bond donors (Lipinski definition) is 1. The highest BCUT2D eigenvalue weighted by Gasteiger charge is 2.29. The number of aromatic nitrogens is 2. The summed E-state index contributed by atoms with van der Waals surface area (Å²) in [5.74, 6) is 1.25. The van der Waals surface area contributed by atoms with Crippen LogP contribution in [0.4, 0.5) is 11.8 Å². The van der Waals surface area contributed by atoms with Crippen molar-refractivity contribution in [3.8, 4) is 11.5 Å². The van der Waals surface area contributed by atoms with E-state index in [2.05, 4.69) is 14.9 Å². The molecule has 1 fully saturated rings. The minimum Gasteiger partial charge on any atom is -0.493 e. The summed E-state index contributed by atoms with van der Waals surface area (Å²) in [6.45, 7) is 7.24. The Morgan fingerprint density at radius 2 is 2.12 bits per heavy atom. The van der Waals surface area contributed by atoms with E-state index in [0.717, 1.165) is 17.7 Å². The van der Waals surface area contributed by atoms with Crippen molar-refractivity contribution in [3.05, 3.63) is 34.5 Å². The Kier molecular flexibility index (Phi) is 7.98. The number of methoxy groups -OCH3 is 1. The monoisotopic (exact) mass is 464 g/mol. The van der Waals surface area contributed by atoms with Crippen molar-refractivity contribution in [2.24, 2.45) is 0 Å². The first-order valence-corrected chi connectivity index (χ1v) is 10.9. The summed E-state index contributed by atoms with van der Waals surface area (Å²) in [4.78, 5) is 22.7. The van der Waals surface area contributed by atoms with Gasteiger partial charge in [-0.25, -0.2) is 9.78 Å². The van der Waals surface area contributed by atoms with E-state index in [1.807, 2.05) is 13.0 Å². The number of esters is 1. The van der Waals surface area contributed by atoms with Crippen molar-refractivity contribution >= 4 is 29.3 Å². The highest BCUT2D eigenvalue weighted by atomic mass is 35.5. The zero-order valence-electron chi connectivity index (χ0n) is 18.8. The van der Waals surface area contributed by atoms with Gasteiger partial charge in [0.1, 0.15) is 5.82 Å². The van der Waals surface area contributed by atoms with E-state index < -0.39 is 12.1 Å².